The Balaban J connectivity index is 1.59. The van der Waals surface area contributed by atoms with Gasteiger partial charge in [0.1, 0.15) is 0 Å². The molecule has 0 radical (unpaired) electrons. The molecule has 0 bridgehead atoms. The molecule has 1 saturated heterocycles. The predicted octanol–water partition coefficient (Wildman–Crippen LogP) is 3.89. The summed E-state index contributed by atoms with van der Waals surface area (Å²) in [7, 11) is -3.52. The van der Waals surface area contributed by atoms with E-state index in [1.165, 1.54) is 31.2 Å². The van der Waals surface area contributed by atoms with Gasteiger partial charge < -0.3 is 5.32 Å². The van der Waals surface area contributed by atoms with Crippen LogP contribution in [-0.2, 0) is 22.6 Å². The van der Waals surface area contributed by atoms with Crippen molar-refractivity contribution in [2.45, 2.75) is 43.4 Å². The van der Waals surface area contributed by atoms with Crippen LogP contribution in [0.5, 0.6) is 0 Å². The second-order valence-corrected chi connectivity index (χ2v) is 9.87. The van der Waals surface area contributed by atoms with Crippen molar-refractivity contribution in [3.05, 3.63) is 65.2 Å². The van der Waals surface area contributed by atoms with E-state index in [4.69, 9.17) is 0 Å². The summed E-state index contributed by atoms with van der Waals surface area (Å²) in [5.41, 5.74) is 0.0691. The normalized spacial score (nSPS) is 16.3. The van der Waals surface area contributed by atoms with Crippen molar-refractivity contribution in [2.24, 2.45) is 0 Å². The van der Waals surface area contributed by atoms with Gasteiger partial charge in [-0.1, -0.05) is 37.3 Å². The summed E-state index contributed by atoms with van der Waals surface area (Å²) >= 11 is 0. The number of benzene rings is 2. The summed E-state index contributed by atoms with van der Waals surface area (Å²) in [4.78, 5) is 14.8. The fourth-order valence-electron chi connectivity index (χ4n) is 3.68. The van der Waals surface area contributed by atoms with Crippen molar-refractivity contribution < 1.29 is 26.4 Å². The Hall–Kier alpha value is -2.39. The molecule has 2 aromatic carbocycles. The molecule has 31 heavy (non-hydrogen) atoms. The molecule has 0 atom stereocenters. The van der Waals surface area contributed by atoms with E-state index in [2.05, 4.69) is 5.32 Å². The van der Waals surface area contributed by atoms with Gasteiger partial charge >= 0.3 is 6.18 Å². The van der Waals surface area contributed by atoms with Crippen LogP contribution in [0.25, 0.3) is 0 Å². The lowest BCUT2D eigenvalue weighted by molar-refractivity contribution is -0.137. The molecule has 1 aliphatic heterocycles. The highest BCUT2D eigenvalue weighted by Gasteiger charge is 2.30. The molecule has 3 rings (SSSR count). The number of rotatable bonds is 6. The summed E-state index contributed by atoms with van der Waals surface area (Å²) in [5, 5.41) is 2.91. The van der Waals surface area contributed by atoms with E-state index in [0.29, 0.717) is 38.0 Å². The molecule has 0 unspecified atom stereocenters. The van der Waals surface area contributed by atoms with E-state index in [1.54, 1.807) is 18.2 Å². The molecule has 2 aromatic rings. The van der Waals surface area contributed by atoms with Gasteiger partial charge in [-0.25, -0.2) is 8.42 Å². The number of nitrogens with zero attached hydrogens (tertiary/aromatic N) is 1. The molecule has 1 fully saturated rings. The fourth-order valence-corrected chi connectivity index (χ4v) is 4.78. The largest absolute Gasteiger partial charge is 0.416 e. The molecule has 1 aliphatic rings. The van der Waals surface area contributed by atoms with Crippen molar-refractivity contribution in [3.63, 3.8) is 0 Å². The molecule has 168 valence electrons. The third-order valence-electron chi connectivity index (χ3n) is 5.43. The fraction of sp³-hybridized carbons (Fsp3) is 0.409. The molecule has 1 N–H and O–H groups in total. The summed E-state index contributed by atoms with van der Waals surface area (Å²) in [6.45, 7) is 3.18. The summed E-state index contributed by atoms with van der Waals surface area (Å²) < 4.78 is 63.2. The number of hydrogen-bond acceptors (Lipinski definition) is 4. The Labute approximate surface area is 180 Å². The Morgan fingerprint density at radius 3 is 2.42 bits per heavy atom. The van der Waals surface area contributed by atoms with Crippen LogP contribution in [0.4, 0.5) is 13.2 Å². The molecule has 5 nitrogen and oxygen atoms in total. The number of piperidine rings is 1. The average Bonchev–Trinajstić information content (AvgIpc) is 2.75. The van der Waals surface area contributed by atoms with E-state index in [-0.39, 0.29) is 22.3 Å². The molecule has 0 aromatic heterocycles. The van der Waals surface area contributed by atoms with Crippen LogP contribution >= 0.6 is 0 Å². The Morgan fingerprint density at radius 1 is 1.10 bits per heavy atom. The van der Waals surface area contributed by atoms with E-state index in [9.17, 15) is 26.4 Å². The minimum Gasteiger partial charge on any atom is -0.349 e. The lowest BCUT2D eigenvalue weighted by Crippen LogP contribution is -2.44. The average molecular weight is 455 g/mol. The second kappa shape index (κ2) is 9.40. The van der Waals surface area contributed by atoms with Crippen LogP contribution in [0.2, 0.25) is 0 Å². The predicted molar refractivity (Wildman–Crippen MR) is 111 cm³/mol. The minimum absolute atomic E-state index is 0.0250. The summed E-state index contributed by atoms with van der Waals surface area (Å²) in [5.74, 6) is -0.519. The quantitative estimate of drug-likeness (QED) is 0.719. The maximum atomic E-state index is 12.9. The molecule has 0 aliphatic carbocycles. The first-order valence-corrected chi connectivity index (χ1v) is 11.8. The zero-order valence-corrected chi connectivity index (χ0v) is 18.0. The molecule has 0 saturated carbocycles. The minimum atomic E-state index is -4.37. The highest BCUT2D eigenvalue weighted by atomic mass is 32.2. The number of likely N-dealkylation sites (tertiary alicyclic amines) is 1. The third kappa shape index (κ3) is 5.86. The van der Waals surface area contributed by atoms with E-state index >= 15 is 0 Å². The summed E-state index contributed by atoms with van der Waals surface area (Å²) in [6, 6.07) is 11.3. The van der Waals surface area contributed by atoms with Gasteiger partial charge in [-0.2, -0.15) is 13.2 Å². The van der Waals surface area contributed by atoms with Crippen LogP contribution in [0.15, 0.2) is 53.4 Å². The van der Waals surface area contributed by atoms with Crippen molar-refractivity contribution in [1.29, 1.82) is 0 Å². The van der Waals surface area contributed by atoms with Crippen molar-refractivity contribution in [2.75, 3.05) is 18.8 Å². The van der Waals surface area contributed by atoms with Gasteiger partial charge in [-0.15, -0.1) is 0 Å². The number of halogens is 3. The Kier molecular flexibility index (Phi) is 7.06. The molecule has 1 amide bonds. The SMILES string of the molecule is CCS(=O)(=O)c1ccccc1C(=O)NC1CCN(Cc2cccc(C(F)(F)F)c2)CC1. The van der Waals surface area contributed by atoms with Crippen molar-refractivity contribution in [1.82, 2.24) is 10.2 Å². The van der Waals surface area contributed by atoms with E-state index in [0.717, 1.165) is 6.07 Å². The molecular formula is C22H25F3N2O3S. The van der Waals surface area contributed by atoms with Crippen LogP contribution in [-0.4, -0.2) is 44.1 Å². The van der Waals surface area contributed by atoms with Gasteiger partial charge in [-0.3, -0.25) is 9.69 Å². The van der Waals surface area contributed by atoms with E-state index < -0.39 is 27.5 Å². The van der Waals surface area contributed by atoms with Crippen molar-refractivity contribution in [3.8, 4) is 0 Å². The standard InChI is InChI=1S/C22H25F3N2O3S/c1-2-31(29,30)20-9-4-3-8-19(20)21(28)26-18-10-12-27(13-11-18)15-16-6-5-7-17(14-16)22(23,24)25/h3-9,14,18H,2,10-13,15H2,1H3,(H,26,28). The molecule has 9 heteroatoms. The van der Waals surface area contributed by atoms with E-state index in [1.807, 2.05) is 4.90 Å². The Morgan fingerprint density at radius 2 is 1.77 bits per heavy atom. The van der Waals surface area contributed by atoms with Crippen LogP contribution in [0.1, 0.15) is 41.3 Å². The first-order chi connectivity index (χ1) is 14.6. The number of amides is 1. The zero-order valence-electron chi connectivity index (χ0n) is 17.2. The topological polar surface area (TPSA) is 66.5 Å². The second-order valence-electron chi connectivity index (χ2n) is 7.62. The first-order valence-electron chi connectivity index (χ1n) is 10.1. The van der Waals surface area contributed by atoms with Crippen molar-refractivity contribution >= 4 is 15.7 Å². The highest BCUT2D eigenvalue weighted by molar-refractivity contribution is 7.91. The highest BCUT2D eigenvalue weighted by Crippen LogP contribution is 2.30. The monoisotopic (exact) mass is 454 g/mol. The molecule has 0 spiro atoms. The van der Waals surface area contributed by atoms with Gasteiger partial charge in [-0.05, 0) is 36.6 Å². The first kappa shape index (κ1) is 23.3. The molecule has 1 heterocycles. The van der Waals surface area contributed by atoms with Crippen LogP contribution < -0.4 is 5.32 Å². The van der Waals surface area contributed by atoms with Gasteiger partial charge in [0.2, 0.25) is 0 Å². The lowest BCUT2D eigenvalue weighted by atomic mass is 10.0. The lowest BCUT2D eigenvalue weighted by Gasteiger charge is -2.32. The van der Waals surface area contributed by atoms with Crippen LogP contribution in [0.3, 0.4) is 0 Å². The third-order valence-corrected chi connectivity index (χ3v) is 7.22. The van der Waals surface area contributed by atoms with Gasteiger partial charge in [0.05, 0.1) is 21.8 Å². The number of alkyl halides is 3. The molecular weight excluding hydrogens is 429 g/mol. The van der Waals surface area contributed by atoms with Gasteiger partial charge in [0.15, 0.2) is 9.84 Å². The van der Waals surface area contributed by atoms with Gasteiger partial charge in [0, 0.05) is 25.7 Å². The maximum absolute atomic E-state index is 12.9. The number of carbonyl (C=O) groups is 1. The Bertz CT molecular complexity index is 1030. The number of nitrogens with one attached hydrogen (secondary N) is 1. The number of carbonyl (C=O) groups excluding carboxylic acids is 1. The summed E-state index contributed by atoms with van der Waals surface area (Å²) in [6.07, 6.45) is -3.10. The van der Waals surface area contributed by atoms with Gasteiger partial charge in [0.25, 0.3) is 5.91 Å². The zero-order chi connectivity index (χ0) is 22.6. The smallest absolute Gasteiger partial charge is 0.349 e. The number of sulfone groups is 1. The van der Waals surface area contributed by atoms with Crippen LogP contribution in [0, 0.1) is 0 Å². The maximum Gasteiger partial charge on any atom is 0.416 e. The number of hydrogen-bond donors (Lipinski definition) is 1.